The lowest BCUT2D eigenvalue weighted by molar-refractivity contribution is 0.638. The molecule has 2 heterocycles. The summed E-state index contributed by atoms with van der Waals surface area (Å²) in [6, 6.07) is 18.8. The van der Waals surface area contributed by atoms with Gasteiger partial charge in [0.05, 0.1) is 11.0 Å². The fourth-order valence-electron chi connectivity index (χ4n) is 3.60. The van der Waals surface area contributed by atoms with Crippen LogP contribution in [0.15, 0.2) is 65.8 Å². The van der Waals surface area contributed by atoms with E-state index in [1.165, 1.54) is 10.9 Å². The molecular formula is C23H28N6. The van der Waals surface area contributed by atoms with E-state index >= 15 is 0 Å². The summed E-state index contributed by atoms with van der Waals surface area (Å²) in [5, 5.41) is 8.08. The number of hydrogen-bond acceptors (Lipinski definition) is 2. The fourth-order valence-corrected chi connectivity index (χ4v) is 3.60. The van der Waals surface area contributed by atoms with Crippen LogP contribution in [0.3, 0.4) is 0 Å². The minimum Gasteiger partial charge on any atom is -0.356 e. The number of nitrogens with one attached hydrogen (secondary N) is 3. The molecule has 0 aliphatic carbocycles. The topological polar surface area (TPSA) is 70.0 Å². The maximum Gasteiger partial charge on any atom is 0.190 e. The second-order valence-corrected chi connectivity index (χ2v) is 7.15. The predicted octanol–water partition coefficient (Wildman–Crippen LogP) is 3.71. The minimum absolute atomic E-state index is 0.854. The fraction of sp³-hybridized carbons (Fsp3) is 0.304. The molecule has 2 aromatic heterocycles. The third-order valence-electron chi connectivity index (χ3n) is 5.09. The van der Waals surface area contributed by atoms with Gasteiger partial charge in [0, 0.05) is 44.8 Å². The second-order valence-electron chi connectivity index (χ2n) is 7.15. The number of hydrogen-bond donors (Lipinski definition) is 3. The van der Waals surface area contributed by atoms with Gasteiger partial charge in [0.25, 0.3) is 0 Å². The van der Waals surface area contributed by atoms with E-state index in [2.05, 4.69) is 72.8 Å². The summed E-state index contributed by atoms with van der Waals surface area (Å²) in [5.74, 6) is 1.89. The van der Waals surface area contributed by atoms with E-state index in [0.717, 1.165) is 61.7 Å². The van der Waals surface area contributed by atoms with Crippen LogP contribution < -0.4 is 10.6 Å². The Kier molecular flexibility index (Phi) is 6.10. The van der Waals surface area contributed by atoms with Crippen molar-refractivity contribution in [3.63, 3.8) is 0 Å². The van der Waals surface area contributed by atoms with E-state index in [4.69, 9.17) is 0 Å². The molecule has 0 aliphatic heterocycles. The molecule has 4 rings (SSSR count). The van der Waals surface area contributed by atoms with Gasteiger partial charge in [0.15, 0.2) is 5.96 Å². The van der Waals surface area contributed by atoms with Gasteiger partial charge >= 0.3 is 0 Å². The van der Waals surface area contributed by atoms with Crippen LogP contribution in [0, 0.1) is 0 Å². The molecule has 0 fully saturated rings. The molecule has 0 saturated heterocycles. The van der Waals surface area contributed by atoms with Crippen LogP contribution >= 0.6 is 0 Å². The van der Waals surface area contributed by atoms with Crippen LogP contribution in [0.4, 0.5) is 0 Å². The van der Waals surface area contributed by atoms with E-state index in [9.17, 15) is 0 Å². The first-order chi connectivity index (χ1) is 14.3. The van der Waals surface area contributed by atoms with Gasteiger partial charge in [-0.2, -0.15) is 0 Å². The van der Waals surface area contributed by atoms with Crippen molar-refractivity contribution in [2.24, 2.45) is 4.99 Å². The number of nitrogens with zero attached hydrogens (tertiary/aromatic N) is 3. The lowest BCUT2D eigenvalue weighted by Gasteiger charge is -2.12. The zero-order valence-corrected chi connectivity index (χ0v) is 16.9. The maximum absolute atomic E-state index is 4.62. The quantitative estimate of drug-likeness (QED) is 0.245. The summed E-state index contributed by atoms with van der Waals surface area (Å²) in [6.07, 6.45) is 5.11. The molecule has 0 spiro atoms. The van der Waals surface area contributed by atoms with Crippen molar-refractivity contribution in [1.82, 2.24) is 25.2 Å². The van der Waals surface area contributed by atoms with E-state index in [1.807, 2.05) is 25.2 Å². The Balaban J connectivity index is 1.16. The van der Waals surface area contributed by atoms with Crippen molar-refractivity contribution in [2.45, 2.75) is 25.8 Å². The Morgan fingerprint density at radius 3 is 2.66 bits per heavy atom. The van der Waals surface area contributed by atoms with E-state index < -0.39 is 0 Å². The van der Waals surface area contributed by atoms with Crippen molar-refractivity contribution in [2.75, 3.05) is 20.1 Å². The van der Waals surface area contributed by atoms with E-state index in [1.54, 1.807) is 0 Å². The number of aliphatic imine (C=N–C) groups is 1. The molecule has 6 nitrogen and oxygen atoms in total. The van der Waals surface area contributed by atoms with Gasteiger partial charge < -0.3 is 20.2 Å². The number of aromatic amines is 1. The van der Waals surface area contributed by atoms with Crippen molar-refractivity contribution in [3.05, 3.63) is 66.6 Å². The molecule has 0 amide bonds. The molecule has 0 radical (unpaired) electrons. The Bertz CT molecular complexity index is 1060. The summed E-state index contributed by atoms with van der Waals surface area (Å²) in [7, 11) is 1.81. The van der Waals surface area contributed by atoms with Crippen molar-refractivity contribution >= 4 is 27.9 Å². The summed E-state index contributed by atoms with van der Waals surface area (Å²) in [5.41, 5.74) is 3.42. The Labute approximate surface area is 171 Å². The number of H-pyrrole nitrogens is 1. The van der Waals surface area contributed by atoms with Gasteiger partial charge in [-0.25, -0.2) is 4.98 Å². The molecule has 4 aromatic rings. The molecule has 2 aromatic carbocycles. The number of guanidine groups is 1. The largest absolute Gasteiger partial charge is 0.356 e. The van der Waals surface area contributed by atoms with Crippen molar-refractivity contribution in [1.29, 1.82) is 0 Å². The van der Waals surface area contributed by atoms with Crippen molar-refractivity contribution in [3.8, 4) is 0 Å². The molecule has 29 heavy (non-hydrogen) atoms. The minimum atomic E-state index is 0.854. The van der Waals surface area contributed by atoms with Gasteiger partial charge in [-0.1, -0.05) is 30.3 Å². The standard InChI is InChI=1S/C23H28N6/c1-24-23(25-14-6-12-22-27-19-9-3-4-10-20(19)28-22)26-15-7-16-29-17-13-18-8-2-5-11-21(18)29/h2-5,8-11,13,17H,6-7,12,14-16H2,1H3,(H,27,28)(H2,24,25,26). The first-order valence-electron chi connectivity index (χ1n) is 10.3. The lowest BCUT2D eigenvalue weighted by atomic mass is 10.2. The highest BCUT2D eigenvalue weighted by molar-refractivity contribution is 5.80. The summed E-state index contributed by atoms with van der Waals surface area (Å²) in [4.78, 5) is 12.3. The van der Waals surface area contributed by atoms with Gasteiger partial charge in [-0.15, -0.1) is 0 Å². The van der Waals surface area contributed by atoms with Crippen LogP contribution in [0.2, 0.25) is 0 Å². The maximum atomic E-state index is 4.62. The zero-order chi connectivity index (χ0) is 19.9. The monoisotopic (exact) mass is 388 g/mol. The van der Waals surface area contributed by atoms with Crippen molar-refractivity contribution < 1.29 is 0 Å². The molecule has 0 saturated carbocycles. The molecule has 0 bridgehead atoms. The average Bonchev–Trinajstić information content (AvgIpc) is 3.36. The number of fused-ring (bicyclic) bond motifs is 2. The summed E-state index contributed by atoms with van der Waals surface area (Å²) < 4.78 is 2.31. The third kappa shape index (κ3) is 4.77. The summed E-state index contributed by atoms with van der Waals surface area (Å²) in [6.45, 7) is 2.73. The van der Waals surface area contributed by atoms with Gasteiger partial charge in [-0.05, 0) is 42.5 Å². The highest BCUT2D eigenvalue weighted by Gasteiger charge is 2.03. The van der Waals surface area contributed by atoms with Crippen LogP contribution in [-0.2, 0) is 13.0 Å². The van der Waals surface area contributed by atoms with E-state index in [0.29, 0.717) is 0 Å². The average molecular weight is 389 g/mol. The number of imidazole rings is 1. The SMILES string of the molecule is CN=C(NCCCc1nc2ccccc2[nH]1)NCCCn1ccc2ccccc21. The zero-order valence-electron chi connectivity index (χ0n) is 16.9. The lowest BCUT2D eigenvalue weighted by Crippen LogP contribution is -2.38. The highest BCUT2D eigenvalue weighted by Crippen LogP contribution is 2.15. The van der Waals surface area contributed by atoms with Gasteiger partial charge in [-0.3, -0.25) is 4.99 Å². The molecular weight excluding hydrogens is 360 g/mol. The third-order valence-corrected chi connectivity index (χ3v) is 5.09. The Hall–Kier alpha value is -3.28. The Morgan fingerprint density at radius 2 is 1.79 bits per heavy atom. The number of aryl methyl sites for hydroxylation is 2. The molecule has 0 aliphatic rings. The van der Waals surface area contributed by atoms with Crippen LogP contribution in [0.5, 0.6) is 0 Å². The first-order valence-corrected chi connectivity index (χ1v) is 10.3. The Morgan fingerprint density at radius 1 is 1.00 bits per heavy atom. The van der Waals surface area contributed by atoms with Crippen LogP contribution in [-0.4, -0.2) is 40.6 Å². The molecule has 3 N–H and O–H groups in total. The number of para-hydroxylation sites is 3. The number of rotatable bonds is 8. The van der Waals surface area contributed by atoms with Gasteiger partial charge in [0.2, 0.25) is 0 Å². The van der Waals surface area contributed by atoms with E-state index in [-0.39, 0.29) is 0 Å². The number of aromatic nitrogens is 3. The molecule has 0 atom stereocenters. The summed E-state index contributed by atoms with van der Waals surface area (Å²) >= 11 is 0. The van der Waals surface area contributed by atoms with Crippen LogP contribution in [0.25, 0.3) is 21.9 Å². The second kappa shape index (κ2) is 9.28. The van der Waals surface area contributed by atoms with Crippen LogP contribution in [0.1, 0.15) is 18.7 Å². The molecule has 6 heteroatoms. The normalized spacial score (nSPS) is 12.0. The first kappa shape index (κ1) is 19.1. The smallest absolute Gasteiger partial charge is 0.190 e. The highest BCUT2D eigenvalue weighted by atomic mass is 15.2. The van der Waals surface area contributed by atoms with Gasteiger partial charge in [0.1, 0.15) is 5.82 Å². The molecule has 0 unspecified atom stereocenters. The predicted molar refractivity (Wildman–Crippen MR) is 120 cm³/mol. The molecule has 150 valence electrons. The number of benzene rings is 2.